The number of carbonyl (C=O) groups is 4. The van der Waals surface area contributed by atoms with Crippen LogP contribution in [0.25, 0.3) is 0 Å². The number of ketones is 2. The summed E-state index contributed by atoms with van der Waals surface area (Å²) in [6, 6.07) is 10.1. The van der Waals surface area contributed by atoms with Crippen LogP contribution in [-0.4, -0.2) is 33.7 Å². The fourth-order valence-electron chi connectivity index (χ4n) is 2.84. The Kier molecular flexibility index (Phi) is 5.50. The summed E-state index contributed by atoms with van der Waals surface area (Å²) in [5.41, 5.74) is -2.26. The van der Waals surface area contributed by atoms with Gasteiger partial charge in [0, 0.05) is 22.3 Å². The van der Waals surface area contributed by atoms with Crippen molar-refractivity contribution in [3.63, 3.8) is 0 Å². The topological polar surface area (TPSA) is 109 Å². The second kappa shape index (κ2) is 8.04. The Morgan fingerprint density at radius 2 is 0.833 bits per heavy atom. The molecule has 0 amide bonds. The van der Waals surface area contributed by atoms with Gasteiger partial charge in [-0.05, 0) is 60.7 Å². The third-order valence-corrected chi connectivity index (χ3v) is 4.32. The molecule has 0 heterocycles. The van der Waals surface area contributed by atoms with Crippen LogP contribution in [0.15, 0.2) is 60.7 Å². The van der Waals surface area contributed by atoms with Crippen molar-refractivity contribution in [1.29, 1.82) is 0 Å². The summed E-state index contributed by atoms with van der Waals surface area (Å²) < 4.78 is 26.2. The average Bonchev–Trinajstić information content (AvgIpc) is 2.72. The molecule has 0 atom stereocenters. The number of carboxylic acids is 2. The largest absolute Gasteiger partial charge is 0.478 e. The fourth-order valence-corrected chi connectivity index (χ4v) is 2.84. The number of hydrogen-bond acceptors (Lipinski definition) is 4. The normalized spacial score (nSPS) is 10.5. The zero-order chi connectivity index (χ0) is 22.0. The molecule has 0 unspecified atom stereocenters. The molecule has 0 fully saturated rings. The molecule has 0 saturated carbocycles. The van der Waals surface area contributed by atoms with Crippen molar-refractivity contribution < 1.29 is 38.2 Å². The zero-order valence-electron chi connectivity index (χ0n) is 15.1. The Balaban J connectivity index is 2.19. The minimum Gasteiger partial charge on any atom is -0.478 e. The predicted molar refractivity (Wildman–Crippen MR) is 100 cm³/mol. The van der Waals surface area contributed by atoms with E-state index in [0.717, 1.165) is 60.7 Å². The molecule has 0 radical (unpaired) electrons. The number of hydrogen-bond donors (Lipinski definition) is 2. The van der Waals surface area contributed by atoms with Crippen LogP contribution in [0, 0.1) is 11.6 Å². The first-order valence-electron chi connectivity index (χ1n) is 8.44. The molecule has 3 aromatic rings. The second-order valence-corrected chi connectivity index (χ2v) is 6.23. The van der Waals surface area contributed by atoms with Crippen LogP contribution >= 0.6 is 0 Å². The summed E-state index contributed by atoms with van der Waals surface area (Å²) in [7, 11) is 0. The SMILES string of the molecule is O=C(O)c1cc(C(=O)c2ccc(F)cc2)c(C(=O)O)cc1C(=O)c1ccc(F)cc1. The number of carbonyl (C=O) groups excluding carboxylic acids is 2. The fraction of sp³-hybridized carbons (Fsp3) is 0. The quantitative estimate of drug-likeness (QED) is 0.598. The number of halogens is 2. The summed E-state index contributed by atoms with van der Waals surface area (Å²) in [5.74, 6) is -6.06. The predicted octanol–water partition coefficient (Wildman–Crippen LogP) is 3.82. The molecule has 0 aromatic heterocycles. The van der Waals surface area contributed by atoms with Crippen LogP contribution < -0.4 is 0 Å². The van der Waals surface area contributed by atoms with Crippen LogP contribution in [0.2, 0.25) is 0 Å². The number of benzene rings is 3. The van der Waals surface area contributed by atoms with Gasteiger partial charge in [-0.3, -0.25) is 9.59 Å². The number of carboxylic acid groups (broad SMARTS) is 2. The van der Waals surface area contributed by atoms with E-state index in [-0.39, 0.29) is 11.1 Å². The van der Waals surface area contributed by atoms with Gasteiger partial charge in [0.25, 0.3) is 0 Å². The van der Waals surface area contributed by atoms with Crippen molar-refractivity contribution in [3.05, 3.63) is 106 Å². The lowest BCUT2D eigenvalue weighted by Gasteiger charge is -2.12. The van der Waals surface area contributed by atoms with Crippen LogP contribution in [0.1, 0.15) is 52.6 Å². The van der Waals surface area contributed by atoms with Gasteiger partial charge in [0.15, 0.2) is 11.6 Å². The van der Waals surface area contributed by atoms with Crippen LogP contribution in [0.4, 0.5) is 8.78 Å². The zero-order valence-corrected chi connectivity index (χ0v) is 15.1. The van der Waals surface area contributed by atoms with E-state index in [2.05, 4.69) is 0 Å². The molecule has 0 bridgehead atoms. The van der Waals surface area contributed by atoms with E-state index in [1.165, 1.54) is 0 Å². The first-order valence-corrected chi connectivity index (χ1v) is 8.44. The molecule has 3 rings (SSSR count). The van der Waals surface area contributed by atoms with Crippen molar-refractivity contribution in [2.45, 2.75) is 0 Å². The van der Waals surface area contributed by atoms with E-state index in [1.807, 2.05) is 0 Å². The summed E-state index contributed by atoms with van der Waals surface area (Å²) in [6.45, 7) is 0. The smallest absolute Gasteiger partial charge is 0.336 e. The molecule has 30 heavy (non-hydrogen) atoms. The Bertz CT molecular complexity index is 1090. The molecule has 0 aliphatic heterocycles. The van der Waals surface area contributed by atoms with E-state index in [0.29, 0.717) is 0 Å². The van der Waals surface area contributed by atoms with Gasteiger partial charge in [-0.15, -0.1) is 0 Å². The van der Waals surface area contributed by atoms with Gasteiger partial charge in [-0.25, -0.2) is 18.4 Å². The first kappa shape index (κ1) is 20.5. The molecular weight excluding hydrogens is 398 g/mol. The van der Waals surface area contributed by atoms with Gasteiger partial charge >= 0.3 is 11.9 Å². The van der Waals surface area contributed by atoms with Crippen molar-refractivity contribution in [2.24, 2.45) is 0 Å². The lowest BCUT2D eigenvalue weighted by Crippen LogP contribution is -2.17. The van der Waals surface area contributed by atoms with Gasteiger partial charge in [0.05, 0.1) is 11.1 Å². The molecule has 0 aliphatic carbocycles. The maximum absolute atomic E-state index is 13.1. The molecule has 3 aromatic carbocycles. The highest BCUT2D eigenvalue weighted by Crippen LogP contribution is 2.24. The summed E-state index contributed by atoms with van der Waals surface area (Å²) in [4.78, 5) is 48.9. The number of rotatable bonds is 6. The van der Waals surface area contributed by atoms with Crippen LogP contribution in [0.3, 0.4) is 0 Å². The van der Waals surface area contributed by atoms with Crippen LogP contribution in [-0.2, 0) is 0 Å². The highest BCUT2D eigenvalue weighted by atomic mass is 19.1. The number of aromatic carboxylic acids is 2. The van der Waals surface area contributed by atoms with E-state index in [4.69, 9.17) is 0 Å². The lowest BCUT2D eigenvalue weighted by atomic mass is 9.90. The third-order valence-electron chi connectivity index (χ3n) is 4.32. The van der Waals surface area contributed by atoms with E-state index in [9.17, 15) is 38.2 Å². The Morgan fingerprint density at radius 3 is 1.10 bits per heavy atom. The van der Waals surface area contributed by atoms with E-state index in [1.54, 1.807) is 0 Å². The van der Waals surface area contributed by atoms with Gasteiger partial charge < -0.3 is 10.2 Å². The van der Waals surface area contributed by atoms with Crippen molar-refractivity contribution >= 4 is 23.5 Å². The molecule has 0 saturated heterocycles. The second-order valence-electron chi connectivity index (χ2n) is 6.23. The van der Waals surface area contributed by atoms with Gasteiger partial charge in [-0.2, -0.15) is 0 Å². The minimum absolute atomic E-state index is 0.0622. The summed E-state index contributed by atoms with van der Waals surface area (Å²) >= 11 is 0. The molecular formula is C22H12F2O6. The van der Waals surface area contributed by atoms with Gasteiger partial charge in [0.2, 0.25) is 0 Å². The standard InChI is InChI=1S/C22H12F2O6/c23-13-5-1-11(2-6-13)19(25)15-9-18(22(29)30)16(10-17(15)21(27)28)20(26)12-3-7-14(24)8-4-12/h1-10H,(H,27,28)(H,29,30). The van der Waals surface area contributed by atoms with Crippen molar-refractivity contribution in [2.75, 3.05) is 0 Å². The first-order chi connectivity index (χ1) is 14.2. The molecule has 2 N–H and O–H groups in total. The average molecular weight is 410 g/mol. The van der Waals surface area contributed by atoms with E-state index < -0.39 is 57.4 Å². The molecule has 0 aliphatic rings. The highest BCUT2D eigenvalue weighted by molar-refractivity contribution is 6.19. The molecule has 0 spiro atoms. The monoisotopic (exact) mass is 410 g/mol. The summed E-state index contributed by atoms with van der Waals surface area (Å²) in [6.07, 6.45) is 0. The third kappa shape index (κ3) is 3.97. The lowest BCUT2D eigenvalue weighted by molar-refractivity contribution is 0.0677. The van der Waals surface area contributed by atoms with Gasteiger partial charge in [0.1, 0.15) is 11.6 Å². The van der Waals surface area contributed by atoms with Crippen molar-refractivity contribution in [1.82, 2.24) is 0 Å². The Morgan fingerprint density at radius 1 is 0.533 bits per heavy atom. The summed E-state index contributed by atoms with van der Waals surface area (Å²) in [5, 5.41) is 19.1. The Hall–Kier alpha value is -4.20. The minimum atomic E-state index is -1.56. The maximum atomic E-state index is 13.1. The van der Waals surface area contributed by atoms with E-state index >= 15 is 0 Å². The molecule has 8 heteroatoms. The molecule has 6 nitrogen and oxygen atoms in total. The van der Waals surface area contributed by atoms with Gasteiger partial charge in [-0.1, -0.05) is 0 Å². The maximum Gasteiger partial charge on any atom is 0.336 e. The highest BCUT2D eigenvalue weighted by Gasteiger charge is 2.26. The van der Waals surface area contributed by atoms with Crippen LogP contribution in [0.5, 0.6) is 0 Å². The Labute approximate surface area is 168 Å². The molecule has 150 valence electrons. The van der Waals surface area contributed by atoms with Crippen molar-refractivity contribution in [3.8, 4) is 0 Å².